The minimum Gasteiger partial charge on any atom is -0.192 e. The topological polar surface area (TPSA) is 23.8 Å². The van der Waals surface area contributed by atoms with Crippen LogP contribution in [-0.4, -0.2) is 5.75 Å². The van der Waals surface area contributed by atoms with E-state index in [0.717, 1.165) is 11.3 Å². The van der Waals surface area contributed by atoms with Gasteiger partial charge in [-0.15, -0.1) is 11.8 Å². The molecule has 0 amide bonds. The lowest BCUT2D eigenvalue weighted by Gasteiger charge is -2.03. The maximum atomic E-state index is 8.74. The number of rotatable bonds is 3. The van der Waals surface area contributed by atoms with Crippen molar-refractivity contribution in [3.63, 3.8) is 0 Å². The van der Waals surface area contributed by atoms with Crippen LogP contribution in [0.25, 0.3) is 11.1 Å². The summed E-state index contributed by atoms with van der Waals surface area (Å²) in [5.41, 5.74) is 3.04. The largest absolute Gasteiger partial charge is 0.192 e. The monoisotopic (exact) mass is 239 g/mol. The van der Waals surface area contributed by atoms with Crippen molar-refractivity contribution in [2.75, 3.05) is 5.75 Å². The highest BCUT2D eigenvalue weighted by molar-refractivity contribution is 7.99. The van der Waals surface area contributed by atoms with E-state index in [1.807, 2.05) is 36.0 Å². The Bertz CT molecular complexity index is 520. The molecule has 2 heteroatoms. The van der Waals surface area contributed by atoms with Crippen LogP contribution in [0.3, 0.4) is 0 Å². The second-order valence-corrected chi connectivity index (χ2v) is 4.98. The average Bonchev–Trinajstić information content (AvgIpc) is 2.40. The van der Waals surface area contributed by atoms with Gasteiger partial charge in [0.25, 0.3) is 0 Å². The van der Waals surface area contributed by atoms with Gasteiger partial charge in [0.1, 0.15) is 0 Å². The summed E-state index contributed by atoms with van der Waals surface area (Å²) >= 11 is 1.84. The molecular weight excluding hydrogens is 226 g/mol. The molecule has 2 rings (SSSR count). The molecule has 84 valence electrons. The lowest BCUT2D eigenvalue weighted by molar-refractivity contribution is 1.42. The number of nitrogens with zero attached hydrogens (tertiary/aromatic N) is 1. The third kappa shape index (κ3) is 2.89. The molecule has 1 nitrogen and oxygen atoms in total. The summed E-state index contributed by atoms with van der Waals surface area (Å²) in [7, 11) is 0. The molecule has 0 aliphatic rings. The SMILES string of the molecule is CCSc1ccc(-c2ccc(C#N)cc2)cc1. The van der Waals surface area contributed by atoms with Crippen molar-refractivity contribution in [1.82, 2.24) is 0 Å². The van der Waals surface area contributed by atoms with Gasteiger partial charge in [-0.3, -0.25) is 0 Å². The molecule has 0 spiro atoms. The molecule has 0 atom stereocenters. The smallest absolute Gasteiger partial charge is 0.0991 e. The Hall–Kier alpha value is -1.72. The van der Waals surface area contributed by atoms with Gasteiger partial charge in [0.2, 0.25) is 0 Å². The van der Waals surface area contributed by atoms with Gasteiger partial charge in [-0.2, -0.15) is 5.26 Å². The minimum atomic E-state index is 0.701. The molecule has 0 bridgehead atoms. The molecular formula is C15H13NS. The molecule has 2 aromatic rings. The molecule has 0 N–H and O–H groups in total. The van der Waals surface area contributed by atoms with Gasteiger partial charge >= 0.3 is 0 Å². The number of hydrogen-bond acceptors (Lipinski definition) is 2. The highest BCUT2D eigenvalue weighted by atomic mass is 32.2. The zero-order valence-electron chi connectivity index (χ0n) is 9.68. The maximum absolute atomic E-state index is 8.74. The van der Waals surface area contributed by atoms with Gasteiger partial charge in [-0.1, -0.05) is 31.2 Å². The summed E-state index contributed by atoms with van der Waals surface area (Å²) in [5, 5.41) is 8.74. The van der Waals surface area contributed by atoms with Crippen LogP contribution in [0.1, 0.15) is 12.5 Å². The van der Waals surface area contributed by atoms with Crippen LogP contribution in [0.4, 0.5) is 0 Å². The van der Waals surface area contributed by atoms with E-state index in [1.54, 1.807) is 0 Å². The Labute approximate surface area is 106 Å². The van der Waals surface area contributed by atoms with Gasteiger partial charge in [0.15, 0.2) is 0 Å². The number of nitriles is 1. The Morgan fingerprint density at radius 3 is 1.94 bits per heavy atom. The van der Waals surface area contributed by atoms with E-state index in [-0.39, 0.29) is 0 Å². The van der Waals surface area contributed by atoms with E-state index >= 15 is 0 Å². The van der Waals surface area contributed by atoms with E-state index in [2.05, 4.69) is 37.3 Å². The third-order valence-electron chi connectivity index (χ3n) is 2.51. The molecule has 17 heavy (non-hydrogen) atoms. The number of benzene rings is 2. The van der Waals surface area contributed by atoms with Gasteiger partial charge in [0, 0.05) is 4.90 Å². The molecule has 0 aromatic heterocycles. The van der Waals surface area contributed by atoms with Crippen molar-refractivity contribution >= 4 is 11.8 Å². The predicted octanol–water partition coefficient (Wildman–Crippen LogP) is 4.34. The van der Waals surface area contributed by atoms with Crippen molar-refractivity contribution in [2.24, 2.45) is 0 Å². The van der Waals surface area contributed by atoms with Crippen LogP contribution in [0.5, 0.6) is 0 Å². The normalized spacial score (nSPS) is 9.88. The molecule has 0 radical (unpaired) electrons. The molecule has 0 saturated carbocycles. The highest BCUT2D eigenvalue weighted by Gasteiger charge is 1.98. The molecule has 2 aromatic carbocycles. The van der Waals surface area contributed by atoms with E-state index in [4.69, 9.17) is 5.26 Å². The predicted molar refractivity (Wildman–Crippen MR) is 73.0 cm³/mol. The molecule has 0 heterocycles. The van der Waals surface area contributed by atoms with Crippen LogP contribution >= 0.6 is 11.8 Å². The molecule has 0 unspecified atom stereocenters. The highest BCUT2D eigenvalue weighted by Crippen LogP contribution is 2.24. The maximum Gasteiger partial charge on any atom is 0.0991 e. The van der Waals surface area contributed by atoms with Crippen LogP contribution < -0.4 is 0 Å². The number of hydrogen-bond donors (Lipinski definition) is 0. The average molecular weight is 239 g/mol. The number of thioether (sulfide) groups is 1. The summed E-state index contributed by atoms with van der Waals surface area (Å²) in [4.78, 5) is 1.30. The van der Waals surface area contributed by atoms with Crippen molar-refractivity contribution in [3.05, 3.63) is 54.1 Å². The first kappa shape index (κ1) is 11.8. The Morgan fingerprint density at radius 2 is 1.47 bits per heavy atom. The Morgan fingerprint density at radius 1 is 0.941 bits per heavy atom. The second-order valence-electron chi connectivity index (χ2n) is 3.65. The zero-order chi connectivity index (χ0) is 12.1. The standard InChI is InChI=1S/C15H13NS/c1-2-17-15-9-7-14(8-10-15)13-5-3-12(11-16)4-6-13/h3-10H,2H2,1H3. The lowest BCUT2D eigenvalue weighted by Crippen LogP contribution is -1.80. The van der Waals surface area contributed by atoms with Crippen molar-refractivity contribution in [2.45, 2.75) is 11.8 Å². The second kappa shape index (κ2) is 5.56. The van der Waals surface area contributed by atoms with Crippen molar-refractivity contribution < 1.29 is 0 Å². The third-order valence-corrected chi connectivity index (χ3v) is 3.41. The van der Waals surface area contributed by atoms with E-state index in [0.29, 0.717) is 5.56 Å². The van der Waals surface area contributed by atoms with Crippen LogP contribution in [0.2, 0.25) is 0 Å². The summed E-state index contributed by atoms with van der Waals surface area (Å²) in [6.45, 7) is 2.15. The van der Waals surface area contributed by atoms with Gasteiger partial charge in [-0.05, 0) is 41.1 Å². The minimum absolute atomic E-state index is 0.701. The molecule has 0 aliphatic heterocycles. The summed E-state index contributed by atoms with van der Waals surface area (Å²) in [5.74, 6) is 1.09. The quantitative estimate of drug-likeness (QED) is 0.744. The van der Waals surface area contributed by atoms with E-state index in [9.17, 15) is 0 Å². The van der Waals surface area contributed by atoms with Crippen molar-refractivity contribution in [1.29, 1.82) is 5.26 Å². The first-order valence-electron chi connectivity index (χ1n) is 5.57. The Balaban J connectivity index is 2.24. The summed E-state index contributed by atoms with van der Waals surface area (Å²) in [6, 6.07) is 18.3. The molecule has 0 aliphatic carbocycles. The first-order chi connectivity index (χ1) is 8.33. The van der Waals surface area contributed by atoms with E-state index in [1.165, 1.54) is 10.5 Å². The van der Waals surface area contributed by atoms with E-state index < -0.39 is 0 Å². The zero-order valence-corrected chi connectivity index (χ0v) is 10.5. The molecule has 0 saturated heterocycles. The van der Waals surface area contributed by atoms with Crippen LogP contribution in [0.15, 0.2) is 53.4 Å². The fourth-order valence-corrected chi connectivity index (χ4v) is 2.31. The van der Waals surface area contributed by atoms with Crippen LogP contribution in [0, 0.1) is 11.3 Å². The fourth-order valence-electron chi connectivity index (χ4n) is 1.65. The lowest BCUT2D eigenvalue weighted by atomic mass is 10.0. The van der Waals surface area contributed by atoms with Crippen LogP contribution in [-0.2, 0) is 0 Å². The van der Waals surface area contributed by atoms with Gasteiger partial charge < -0.3 is 0 Å². The first-order valence-corrected chi connectivity index (χ1v) is 6.55. The molecule has 0 fully saturated rings. The fraction of sp³-hybridized carbons (Fsp3) is 0.133. The Kier molecular flexibility index (Phi) is 3.85. The van der Waals surface area contributed by atoms with Crippen molar-refractivity contribution in [3.8, 4) is 17.2 Å². The summed E-state index contributed by atoms with van der Waals surface area (Å²) in [6.07, 6.45) is 0. The van der Waals surface area contributed by atoms with Gasteiger partial charge in [-0.25, -0.2) is 0 Å². The van der Waals surface area contributed by atoms with Gasteiger partial charge in [0.05, 0.1) is 11.6 Å². The summed E-state index contributed by atoms with van der Waals surface area (Å²) < 4.78 is 0.